The number of fused-ring (bicyclic) bond motifs is 6. The first kappa shape index (κ1) is 28.4. The third kappa shape index (κ3) is 4.57. The number of hydrogen-bond donors (Lipinski definition) is 0. The first-order chi connectivity index (χ1) is 24.8. The summed E-state index contributed by atoms with van der Waals surface area (Å²) in [5.41, 5.74) is 14.4. The Balaban J connectivity index is 1.24. The van der Waals surface area contributed by atoms with Gasteiger partial charge in [-0.25, -0.2) is 0 Å². The first-order valence-corrected chi connectivity index (χ1v) is 17.2. The Morgan fingerprint density at radius 2 is 0.640 bits per heavy atom. The van der Waals surface area contributed by atoms with E-state index in [1.807, 2.05) is 0 Å². The Hall–Kier alpha value is -6.64. The third-order valence-electron chi connectivity index (χ3n) is 10.1. The van der Waals surface area contributed by atoms with E-state index in [9.17, 15) is 0 Å². The van der Waals surface area contributed by atoms with Crippen LogP contribution in [0.4, 0.5) is 0 Å². The highest BCUT2D eigenvalue weighted by molar-refractivity contribution is 6.13. The molecule has 234 valence electrons. The molecule has 10 aromatic rings. The Labute approximate surface area is 290 Å². The van der Waals surface area contributed by atoms with Crippen molar-refractivity contribution in [1.29, 1.82) is 0 Å². The summed E-state index contributed by atoms with van der Waals surface area (Å²) in [6.45, 7) is 0. The van der Waals surface area contributed by atoms with Gasteiger partial charge in [-0.3, -0.25) is 0 Å². The maximum absolute atomic E-state index is 2.41. The van der Waals surface area contributed by atoms with Gasteiger partial charge in [0.25, 0.3) is 0 Å². The highest BCUT2D eigenvalue weighted by atomic mass is 15.0. The van der Waals surface area contributed by atoms with Crippen LogP contribution in [0.1, 0.15) is 0 Å². The average Bonchev–Trinajstić information content (AvgIpc) is 3.71. The Morgan fingerprint density at radius 3 is 1.22 bits per heavy atom. The van der Waals surface area contributed by atoms with Gasteiger partial charge in [0.15, 0.2) is 0 Å². The summed E-state index contributed by atoms with van der Waals surface area (Å²) in [5.74, 6) is 0. The molecule has 0 amide bonds. The molecule has 0 fully saturated rings. The lowest BCUT2D eigenvalue weighted by atomic mass is 9.93. The van der Waals surface area contributed by atoms with Crippen molar-refractivity contribution in [3.05, 3.63) is 194 Å². The summed E-state index contributed by atoms with van der Waals surface area (Å²) in [7, 11) is 0. The van der Waals surface area contributed by atoms with Crippen LogP contribution in [0.3, 0.4) is 0 Å². The molecular formula is C48H32N2. The molecule has 0 spiro atoms. The lowest BCUT2D eigenvalue weighted by Crippen LogP contribution is -1.95. The topological polar surface area (TPSA) is 9.86 Å². The number of benzene rings is 8. The minimum atomic E-state index is 1.15. The van der Waals surface area contributed by atoms with Crippen LogP contribution in [0, 0.1) is 0 Å². The van der Waals surface area contributed by atoms with Gasteiger partial charge in [-0.15, -0.1) is 0 Å². The van der Waals surface area contributed by atoms with Crippen molar-refractivity contribution < 1.29 is 0 Å². The minimum Gasteiger partial charge on any atom is -0.309 e. The molecule has 10 rings (SSSR count). The molecule has 0 aliphatic heterocycles. The fourth-order valence-corrected chi connectivity index (χ4v) is 7.77. The van der Waals surface area contributed by atoms with Gasteiger partial charge in [-0.05, 0) is 106 Å². The normalized spacial score (nSPS) is 11.6. The number of para-hydroxylation sites is 3. The minimum absolute atomic E-state index is 1.15. The van der Waals surface area contributed by atoms with Gasteiger partial charge in [-0.1, -0.05) is 121 Å². The molecule has 0 saturated carbocycles. The summed E-state index contributed by atoms with van der Waals surface area (Å²) in [6, 6.07) is 70.5. The molecule has 0 bridgehead atoms. The predicted octanol–water partition coefficient (Wildman–Crippen LogP) is 12.9. The third-order valence-corrected chi connectivity index (χ3v) is 10.1. The smallest absolute Gasteiger partial charge is 0.0542 e. The van der Waals surface area contributed by atoms with Crippen LogP contribution < -0.4 is 0 Å². The quantitative estimate of drug-likeness (QED) is 0.178. The standard InChI is InChI=1S/C48H32N2/c1-4-14-33(15-5-1)36-28-37(34-16-6-2-7-17-34)30-38(29-36)35-24-26-47-43(31-35)44-32-40(25-27-48(44)49(47)39-18-8-3-9-19-39)50-45-22-12-10-20-41(45)42-21-11-13-23-46(42)50/h1-32H. The molecule has 2 heterocycles. The van der Waals surface area contributed by atoms with Gasteiger partial charge in [0.05, 0.1) is 22.1 Å². The van der Waals surface area contributed by atoms with Crippen LogP contribution >= 0.6 is 0 Å². The number of hydrogen-bond acceptors (Lipinski definition) is 0. The van der Waals surface area contributed by atoms with E-state index in [1.54, 1.807) is 0 Å². The summed E-state index contributed by atoms with van der Waals surface area (Å²) < 4.78 is 4.81. The van der Waals surface area contributed by atoms with E-state index in [0.29, 0.717) is 0 Å². The fourth-order valence-electron chi connectivity index (χ4n) is 7.77. The van der Waals surface area contributed by atoms with E-state index in [2.05, 4.69) is 203 Å². The summed E-state index contributed by atoms with van der Waals surface area (Å²) in [4.78, 5) is 0. The van der Waals surface area contributed by atoms with Crippen molar-refractivity contribution in [2.45, 2.75) is 0 Å². The monoisotopic (exact) mass is 636 g/mol. The zero-order chi connectivity index (χ0) is 33.0. The van der Waals surface area contributed by atoms with Crippen LogP contribution in [0.5, 0.6) is 0 Å². The second kappa shape index (κ2) is 11.5. The molecule has 0 unspecified atom stereocenters. The van der Waals surface area contributed by atoms with E-state index in [-0.39, 0.29) is 0 Å². The molecule has 0 aliphatic rings. The van der Waals surface area contributed by atoms with E-state index >= 15 is 0 Å². The van der Waals surface area contributed by atoms with Crippen molar-refractivity contribution in [1.82, 2.24) is 9.13 Å². The summed E-state index contributed by atoms with van der Waals surface area (Å²) in [6.07, 6.45) is 0. The van der Waals surface area contributed by atoms with Crippen LogP contribution in [0.2, 0.25) is 0 Å². The molecule has 50 heavy (non-hydrogen) atoms. The molecular weight excluding hydrogens is 605 g/mol. The average molecular weight is 637 g/mol. The largest absolute Gasteiger partial charge is 0.309 e. The highest BCUT2D eigenvalue weighted by Crippen LogP contribution is 2.40. The van der Waals surface area contributed by atoms with Crippen LogP contribution in [-0.4, -0.2) is 9.13 Å². The fraction of sp³-hybridized carbons (Fsp3) is 0. The van der Waals surface area contributed by atoms with Crippen molar-refractivity contribution in [3.8, 4) is 44.8 Å². The Kier molecular flexibility index (Phi) is 6.53. The van der Waals surface area contributed by atoms with Gasteiger partial charge in [-0.2, -0.15) is 0 Å². The molecule has 2 aromatic heterocycles. The van der Waals surface area contributed by atoms with Crippen molar-refractivity contribution >= 4 is 43.6 Å². The lowest BCUT2D eigenvalue weighted by Gasteiger charge is -2.12. The van der Waals surface area contributed by atoms with E-state index < -0.39 is 0 Å². The van der Waals surface area contributed by atoms with Gasteiger partial charge >= 0.3 is 0 Å². The maximum atomic E-state index is 2.41. The zero-order valence-electron chi connectivity index (χ0n) is 27.4. The van der Waals surface area contributed by atoms with Crippen LogP contribution in [0.15, 0.2) is 194 Å². The molecule has 2 nitrogen and oxygen atoms in total. The van der Waals surface area contributed by atoms with Crippen molar-refractivity contribution in [3.63, 3.8) is 0 Å². The number of aromatic nitrogens is 2. The number of nitrogens with zero attached hydrogens (tertiary/aromatic N) is 2. The molecule has 0 saturated heterocycles. The SMILES string of the molecule is c1ccc(-c2cc(-c3ccccc3)cc(-c3ccc4c(c3)c3cc(-n5c6ccccc6c6ccccc65)ccc3n4-c3ccccc3)c2)cc1. The van der Waals surface area contributed by atoms with Crippen LogP contribution in [0.25, 0.3) is 88.4 Å². The van der Waals surface area contributed by atoms with E-state index in [1.165, 1.54) is 77.0 Å². The van der Waals surface area contributed by atoms with Gasteiger partial charge < -0.3 is 9.13 Å². The van der Waals surface area contributed by atoms with Crippen molar-refractivity contribution in [2.75, 3.05) is 0 Å². The molecule has 0 radical (unpaired) electrons. The molecule has 0 aliphatic carbocycles. The maximum Gasteiger partial charge on any atom is 0.0542 e. The van der Waals surface area contributed by atoms with Gasteiger partial charge in [0, 0.05) is 32.9 Å². The molecule has 0 atom stereocenters. The Morgan fingerprint density at radius 1 is 0.220 bits per heavy atom. The Bertz CT molecular complexity index is 2730. The first-order valence-electron chi connectivity index (χ1n) is 17.2. The van der Waals surface area contributed by atoms with Gasteiger partial charge in [0.2, 0.25) is 0 Å². The van der Waals surface area contributed by atoms with Crippen LogP contribution in [-0.2, 0) is 0 Å². The molecule has 8 aromatic carbocycles. The zero-order valence-corrected chi connectivity index (χ0v) is 27.4. The molecule has 2 heteroatoms. The summed E-state index contributed by atoms with van der Waals surface area (Å²) in [5, 5.41) is 5.00. The predicted molar refractivity (Wildman–Crippen MR) is 211 cm³/mol. The number of rotatable bonds is 5. The summed E-state index contributed by atoms with van der Waals surface area (Å²) >= 11 is 0. The highest BCUT2D eigenvalue weighted by Gasteiger charge is 2.17. The second-order valence-electron chi connectivity index (χ2n) is 13.0. The molecule has 0 N–H and O–H groups in total. The van der Waals surface area contributed by atoms with E-state index in [4.69, 9.17) is 0 Å². The van der Waals surface area contributed by atoms with Crippen molar-refractivity contribution in [2.24, 2.45) is 0 Å². The van der Waals surface area contributed by atoms with Gasteiger partial charge in [0.1, 0.15) is 0 Å². The second-order valence-corrected chi connectivity index (χ2v) is 13.0. The lowest BCUT2D eigenvalue weighted by molar-refractivity contribution is 1.17. The van der Waals surface area contributed by atoms with E-state index in [0.717, 1.165) is 11.4 Å².